The predicted molar refractivity (Wildman–Crippen MR) is 141 cm³/mol. The van der Waals surface area contributed by atoms with Crippen LogP contribution in [0.3, 0.4) is 0 Å². The van der Waals surface area contributed by atoms with Crippen LogP contribution in [-0.2, 0) is 16.1 Å². The topological polar surface area (TPSA) is 94.6 Å². The average Bonchev–Trinajstić information content (AvgIpc) is 3.39. The number of aliphatic hydroxyl groups is 1. The number of nitrogens with zero attached hydrogens (tertiary/aromatic N) is 2. The molecule has 1 saturated heterocycles. The number of benzene rings is 1. The lowest BCUT2D eigenvalue weighted by atomic mass is 9.85. The van der Waals surface area contributed by atoms with E-state index in [1.165, 1.54) is 0 Å². The number of hydrogen-bond acceptors (Lipinski definition) is 6. The van der Waals surface area contributed by atoms with Crippen molar-refractivity contribution in [1.29, 1.82) is 0 Å². The molecule has 8 heteroatoms. The highest BCUT2D eigenvalue weighted by molar-refractivity contribution is 7.13. The van der Waals surface area contributed by atoms with Gasteiger partial charge in [-0.3, -0.25) is 9.59 Å². The number of nitrogens with one attached hydrogen (secondary N) is 2. The van der Waals surface area contributed by atoms with E-state index in [-0.39, 0.29) is 30.2 Å². The number of thiazole rings is 1. The summed E-state index contributed by atoms with van der Waals surface area (Å²) in [7, 11) is 0. The van der Waals surface area contributed by atoms with Gasteiger partial charge in [0, 0.05) is 19.5 Å². The van der Waals surface area contributed by atoms with Gasteiger partial charge in [-0.25, -0.2) is 4.98 Å². The van der Waals surface area contributed by atoms with E-state index in [0.29, 0.717) is 12.5 Å². The first-order valence-corrected chi connectivity index (χ1v) is 13.3. The van der Waals surface area contributed by atoms with Crippen LogP contribution in [0.1, 0.15) is 58.7 Å². The van der Waals surface area contributed by atoms with E-state index in [4.69, 9.17) is 0 Å². The summed E-state index contributed by atoms with van der Waals surface area (Å²) in [5.41, 5.74) is 4.61. The Morgan fingerprint density at radius 1 is 1.23 bits per heavy atom. The summed E-state index contributed by atoms with van der Waals surface area (Å²) in [4.78, 5) is 33.7. The summed E-state index contributed by atoms with van der Waals surface area (Å²) in [6.07, 6.45) is 0.519. The lowest BCUT2D eigenvalue weighted by Gasteiger charge is -2.35. The molecule has 0 radical (unpaired) electrons. The van der Waals surface area contributed by atoms with Crippen molar-refractivity contribution in [1.82, 2.24) is 20.5 Å². The predicted octanol–water partition coefficient (Wildman–Crippen LogP) is 3.75. The molecule has 0 spiro atoms. The van der Waals surface area contributed by atoms with E-state index in [1.54, 1.807) is 16.2 Å². The summed E-state index contributed by atoms with van der Waals surface area (Å²) in [5.74, 6) is 0.180. The van der Waals surface area contributed by atoms with Gasteiger partial charge < -0.3 is 20.6 Å². The van der Waals surface area contributed by atoms with E-state index in [9.17, 15) is 14.7 Å². The Bertz CT molecular complexity index is 997. The Labute approximate surface area is 213 Å². The van der Waals surface area contributed by atoms with Gasteiger partial charge in [0.05, 0.1) is 28.2 Å². The smallest absolute Gasteiger partial charge is 0.243 e. The standard InChI is InChI=1S/C27H40N4O3S/c1-17(2)11-12-28-24(27(4,5)6)26(34)31-15-21(32)13-22(31)25(33)29-14-19-7-9-20(10-8-19)23-18(3)30-16-35-23/h7-10,16-17,21-22,24,28,32H,11-15H2,1-6H3,(H,29,33)/t21-,22+,24-/m1/s1. The molecule has 1 aromatic carbocycles. The normalized spacial score (nSPS) is 19.3. The summed E-state index contributed by atoms with van der Waals surface area (Å²) in [5, 5.41) is 16.7. The number of β-amino-alcohol motifs (C(OH)–C–C–N with tert-alkyl or cyclic N) is 1. The van der Waals surface area contributed by atoms with Crippen LogP contribution < -0.4 is 10.6 Å². The molecule has 1 aliphatic heterocycles. The zero-order chi connectivity index (χ0) is 25.8. The summed E-state index contributed by atoms with van der Waals surface area (Å²) >= 11 is 1.61. The minimum absolute atomic E-state index is 0.123. The van der Waals surface area contributed by atoms with Crippen molar-refractivity contribution in [2.45, 2.75) is 79.1 Å². The maximum Gasteiger partial charge on any atom is 0.243 e. The molecule has 0 saturated carbocycles. The highest BCUT2D eigenvalue weighted by Gasteiger charge is 2.43. The lowest BCUT2D eigenvalue weighted by Crippen LogP contribution is -2.56. The van der Waals surface area contributed by atoms with Crippen molar-refractivity contribution in [2.75, 3.05) is 13.1 Å². The Morgan fingerprint density at radius 3 is 2.49 bits per heavy atom. The second kappa shape index (κ2) is 11.6. The first-order chi connectivity index (χ1) is 16.5. The third-order valence-electron chi connectivity index (χ3n) is 6.48. The molecule has 3 N–H and O–H groups in total. The molecule has 2 amide bonds. The molecule has 7 nitrogen and oxygen atoms in total. The van der Waals surface area contributed by atoms with Crippen LogP contribution in [0.25, 0.3) is 10.4 Å². The third-order valence-corrected chi connectivity index (χ3v) is 7.45. The number of rotatable bonds is 9. The van der Waals surface area contributed by atoms with Crippen molar-refractivity contribution in [3.05, 3.63) is 41.0 Å². The first-order valence-electron chi connectivity index (χ1n) is 12.5. The summed E-state index contributed by atoms with van der Waals surface area (Å²) in [6.45, 7) is 13.7. The molecule has 1 fully saturated rings. The fourth-order valence-electron chi connectivity index (χ4n) is 4.41. The largest absolute Gasteiger partial charge is 0.391 e. The van der Waals surface area contributed by atoms with Crippen LogP contribution in [-0.4, -0.2) is 58.1 Å². The van der Waals surface area contributed by atoms with Crippen molar-refractivity contribution >= 4 is 23.2 Å². The van der Waals surface area contributed by atoms with Crippen LogP contribution in [0, 0.1) is 18.3 Å². The number of aliphatic hydroxyl groups excluding tert-OH is 1. The number of carbonyl (C=O) groups is 2. The van der Waals surface area contributed by atoms with Gasteiger partial charge in [-0.05, 0) is 42.3 Å². The SMILES string of the molecule is Cc1ncsc1-c1ccc(CNC(=O)[C@@H]2C[C@@H](O)CN2C(=O)[C@@H](NCCC(C)C)C(C)(C)C)cc1. The van der Waals surface area contributed by atoms with Gasteiger partial charge >= 0.3 is 0 Å². The highest BCUT2D eigenvalue weighted by atomic mass is 32.1. The van der Waals surface area contributed by atoms with Gasteiger partial charge in [0.15, 0.2) is 0 Å². The zero-order valence-electron chi connectivity index (χ0n) is 21.8. The van der Waals surface area contributed by atoms with Crippen molar-refractivity contribution in [3.8, 4) is 10.4 Å². The molecule has 1 aromatic heterocycles. The average molecular weight is 501 g/mol. The number of aromatic nitrogens is 1. The van der Waals surface area contributed by atoms with Crippen molar-refractivity contribution < 1.29 is 14.7 Å². The fourth-order valence-corrected chi connectivity index (χ4v) is 5.22. The number of hydrogen-bond donors (Lipinski definition) is 3. The van der Waals surface area contributed by atoms with Gasteiger partial charge in [0.25, 0.3) is 0 Å². The Balaban J connectivity index is 1.64. The molecule has 1 aliphatic rings. The molecule has 0 bridgehead atoms. The number of aryl methyl sites for hydroxylation is 1. The fraction of sp³-hybridized carbons (Fsp3) is 0.593. The number of amides is 2. The Morgan fingerprint density at radius 2 is 1.91 bits per heavy atom. The van der Waals surface area contributed by atoms with Gasteiger partial charge in [0.1, 0.15) is 6.04 Å². The van der Waals surface area contributed by atoms with Gasteiger partial charge in [-0.15, -0.1) is 11.3 Å². The molecule has 3 rings (SSSR count). The molecule has 35 heavy (non-hydrogen) atoms. The van der Waals surface area contributed by atoms with Crippen molar-refractivity contribution in [2.24, 2.45) is 11.3 Å². The second-order valence-corrected chi connectivity index (χ2v) is 11.9. The van der Waals surface area contributed by atoms with Crippen LogP contribution in [0.5, 0.6) is 0 Å². The van der Waals surface area contributed by atoms with E-state index in [2.05, 4.69) is 29.5 Å². The Kier molecular flexibility index (Phi) is 9.07. The first kappa shape index (κ1) is 27.3. The van der Waals surface area contributed by atoms with Crippen LogP contribution in [0.2, 0.25) is 0 Å². The zero-order valence-corrected chi connectivity index (χ0v) is 22.6. The second-order valence-electron chi connectivity index (χ2n) is 11.0. The molecular weight excluding hydrogens is 460 g/mol. The maximum atomic E-state index is 13.5. The molecule has 3 atom stereocenters. The number of likely N-dealkylation sites (tertiary alicyclic amines) is 1. The van der Waals surface area contributed by atoms with Crippen molar-refractivity contribution in [3.63, 3.8) is 0 Å². The van der Waals surface area contributed by atoms with Crippen LogP contribution in [0.15, 0.2) is 29.8 Å². The minimum atomic E-state index is -0.701. The maximum absolute atomic E-state index is 13.5. The molecule has 0 aliphatic carbocycles. The van der Waals surface area contributed by atoms with E-state index < -0.39 is 18.2 Å². The van der Waals surface area contributed by atoms with Gasteiger partial charge in [-0.2, -0.15) is 0 Å². The van der Waals surface area contributed by atoms with Gasteiger partial charge in [-0.1, -0.05) is 58.9 Å². The van der Waals surface area contributed by atoms with Crippen LogP contribution >= 0.6 is 11.3 Å². The van der Waals surface area contributed by atoms with Crippen LogP contribution in [0.4, 0.5) is 0 Å². The molecule has 2 aromatic rings. The quantitative estimate of drug-likeness (QED) is 0.488. The number of carbonyl (C=O) groups excluding carboxylic acids is 2. The highest BCUT2D eigenvalue weighted by Crippen LogP contribution is 2.28. The Hall–Kier alpha value is -2.29. The molecule has 192 valence electrons. The summed E-state index contributed by atoms with van der Waals surface area (Å²) < 4.78 is 0. The summed E-state index contributed by atoms with van der Waals surface area (Å²) in [6, 6.07) is 6.96. The monoisotopic (exact) mass is 500 g/mol. The van der Waals surface area contributed by atoms with E-state index in [1.807, 2.05) is 57.5 Å². The van der Waals surface area contributed by atoms with E-state index in [0.717, 1.165) is 34.7 Å². The molecule has 0 unspecified atom stereocenters. The van der Waals surface area contributed by atoms with E-state index >= 15 is 0 Å². The molecular formula is C27H40N4O3S. The third kappa shape index (κ3) is 7.12. The molecule has 2 heterocycles. The minimum Gasteiger partial charge on any atom is -0.391 e. The van der Waals surface area contributed by atoms with Gasteiger partial charge in [0.2, 0.25) is 11.8 Å². The lowest BCUT2D eigenvalue weighted by molar-refractivity contribution is -0.142.